The summed E-state index contributed by atoms with van der Waals surface area (Å²) in [4.78, 5) is 18.7. The molecule has 136 valence electrons. The first-order chi connectivity index (χ1) is 13.2. The van der Waals surface area contributed by atoms with Crippen LogP contribution in [0.15, 0.2) is 75.4 Å². The van der Waals surface area contributed by atoms with Crippen LogP contribution in [-0.2, 0) is 0 Å². The van der Waals surface area contributed by atoms with Crippen molar-refractivity contribution in [2.75, 3.05) is 5.75 Å². The van der Waals surface area contributed by atoms with E-state index in [4.69, 9.17) is 0 Å². The Balaban J connectivity index is 1.72. The number of hydrogen-bond donors (Lipinski definition) is 0. The maximum Gasteiger partial charge on any atom is 0.224 e. The number of thioether (sulfide) groups is 2. The molecule has 0 heterocycles. The van der Waals surface area contributed by atoms with E-state index in [0.29, 0.717) is 5.56 Å². The number of thiocarbonyl (C=S) groups is 1. The van der Waals surface area contributed by atoms with E-state index in [2.05, 4.69) is 47.5 Å². The fourth-order valence-electron chi connectivity index (χ4n) is 2.58. The molecule has 5 heteroatoms. The van der Waals surface area contributed by atoms with Gasteiger partial charge in [-0.25, -0.2) is 0 Å². The first-order valence-corrected chi connectivity index (χ1v) is 11.0. The maximum absolute atomic E-state index is 12.6. The Hall–Kier alpha value is -1.91. The highest BCUT2D eigenvalue weighted by Crippen LogP contribution is 2.29. The molecule has 0 aromatic heterocycles. The lowest BCUT2D eigenvalue weighted by molar-refractivity contribution is 0.108. The molecule has 0 aliphatic carbocycles. The van der Waals surface area contributed by atoms with Crippen molar-refractivity contribution in [3.63, 3.8) is 0 Å². The summed E-state index contributed by atoms with van der Waals surface area (Å²) in [5, 5.41) is 4.63. The molecule has 0 aliphatic heterocycles. The van der Waals surface area contributed by atoms with E-state index in [-0.39, 0.29) is 5.12 Å². The van der Waals surface area contributed by atoms with Crippen LogP contribution in [0.5, 0.6) is 0 Å². The monoisotopic (exact) mass is 409 g/mol. The third-order valence-electron chi connectivity index (χ3n) is 4.04. The van der Waals surface area contributed by atoms with Gasteiger partial charge in [0.15, 0.2) is 0 Å². The highest BCUT2D eigenvalue weighted by Gasteiger charge is 2.09. The Labute approximate surface area is 173 Å². The SMILES string of the molecule is CCCCSc1ccc2cc(C(=O)Sc3ccc(N=C=S)cc3)ccc2c1. The molecule has 27 heavy (non-hydrogen) atoms. The molecule has 0 saturated carbocycles. The van der Waals surface area contributed by atoms with Crippen molar-refractivity contribution in [2.24, 2.45) is 4.99 Å². The molecule has 0 bridgehead atoms. The van der Waals surface area contributed by atoms with Crippen LogP contribution in [0.4, 0.5) is 5.69 Å². The lowest BCUT2D eigenvalue weighted by Gasteiger charge is -2.06. The molecule has 0 radical (unpaired) electrons. The van der Waals surface area contributed by atoms with Crippen molar-refractivity contribution in [2.45, 2.75) is 29.6 Å². The minimum atomic E-state index is 0.0318. The van der Waals surface area contributed by atoms with Crippen molar-refractivity contribution in [3.8, 4) is 0 Å². The molecule has 3 aromatic carbocycles. The van der Waals surface area contributed by atoms with E-state index >= 15 is 0 Å². The molecule has 0 N–H and O–H groups in total. The third kappa shape index (κ3) is 5.53. The lowest BCUT2D eigenvalue weighted by atomic mass is 10.1. The Morgan fingerprint density at radius 1 is 1.00 bits per heavy atom. The van der Waals surface area contributed by atoms with Gasteiger partial charge in [-0.3, -0.25) is 4.79 Å². The largest absolute Gasteiger partial charge is 0.281 e. The van der Waals surface area contributed by atoms with Gasteiger partial charge < -0.3 is 0 Å². The first-order valence-electron chi connectivity index (χ1n) is 8.76. The zero-order chi connectivity index (χ0) is 19.1. The van der Waals surface area contributed by atoms with Gasteiger partial charge in [0.2, 0.25) is 5.12 Å². The Morgan fingerprint density at radius 3 is 2.44 bits per heavy atom. The predicted molar refractivity (Wildman–Crippen MR) is 121 cm³/mol. The van der Waals surface area contributed by atoms with Gasteiger partial charge in [0, 0.05) is 15.4 Å². The standard InChI is InChI=1S/C22H19NOS3/c1-2-3-12-26-21-9-6-16-13-18(5-4-17(16)14-21)22(24)27-20-10-7-19(8-11-20)23-15-25/h4-11,13-14H,2-3,12H2,1H3. The molecule has 3 aromatic rings. The van der Waals surface area contributed by atoms with E-state index in [9.17, 15) is 4.79 Å². The van der Waals surface area contributed by atoms with Crippen LogP contribution in [0.1, 0.15) is 30.1 Å². The van der Waals surface area contributed by atoms with E-state index in [1.165, 1.54) is 34.9 Å². The lowest BCUT2D eigenvalue weighted by Crippen LogP contribution is -1.93. The number of isothiocyanates is 1. The molecule has 2 nitrogen and oxygen atoms in total. The van der Waals surface area contributed by atoms with Crippen molar-refractivity contribution in [3.05, 3.63) is 66.2 Å². The second-order valence-electron chi connectivity index (χ2n) is 6.01. The molecule has 0 fully saturated rings. The van der Waals surface area contributed by atoms with Crippen molar-refractivity contribution < 1.29 is 4.79 Å². The van der Waals surface area contributed by atoms with Crippen LogP contribution in [0.3, 0.4) is 0 Å². The smallest absolute Gasteiger partial charge is 0.224 e. The molecule has 0 unspecified atom stereocenters. The molecule has 0 aliphatic rings. The van der Waals surface area contributed by atoms with E-state index < -0.39 is 0 Å². The van der Waals surface area contributed by atoms with Gasteiger partial charge in [-0.15, -0.1) is 11.8 Å². The zero-order valence-electron chi connectivity index (χ0n) is 15.0. The molecule has 0 amide bonds. The molecular formula is C22H19NOS3. The topological polar surface area (TPSA) is 29.4 Å². The van der Waals surface area contributed by atoms with E-state index in [1.54, 1.807) is 0 Å². The summed E-state index contributed by atoms with van der Waals surface area (Å²) in [6.07, 6.45) is 2.44. The summed E-state index contributed by atoms with van der Waals surface area (Å²) in [7, 11) is 0. The number of rotatable bonds is 7. The molecule has 0 spiro atoms. The first kappa shape index (κ1) is 19.8. The number of unbranched alkanes of at least 4 members (excludes halogenated alkanes) is 1. The fraction of sp³-hybridized carbons (Fsp3) is 0.182. The second-order valence-corrected chi connectivity index (χ2v) is 8.41. The van der Waals surface area contributed by atoms with Gasteiger partial charge in [-0.05, 0) is 95.5 Å². The molecular weight excluding hydrogens is 390 g/mol. The summed E-state index contributed by atoms with van der Waals surface area (Å²) < 4.78 is 0. The Kier molecular flexibility index (Phi) is 7.25. The van der Waals surface area contributed by atoms with Gasteiger partial charge in [0.05, 0.1) is 10.8 Å². The number of benzene rings is 3. The van der Waals surface area contributed by atoms with Crippen LogP contribution in [0.25, 0.3) is 10.8 Å². The number of carbonyl (C=O) groups excluding carboxylic acids is 1. The number of nitrogens with zero attached hydrogens (tertiary/aromatic N) is 1. The van der Waals surface area contributed by atoms with Crippen molar-refractivity contribution in [1.82, 2.24) is 0 Å². The zero-order valence-corrected chi connectivity index (χ0v) is 17.4. The maximum atomic E-state index is 12.6. The summed E-state index contributed by atoms with van der Waals surface area (Å²) >= 11 is 7.70. The quantitative estimate of drug-likeness (QED) is 0.176. The van der Waals surface area contributed by atoms with Gasteiger partial charge in [0.25, 0.3) is 0 Å². The number of fused-ring (bicyclic) bond motifs is 1. The Bertz CT molecular complexity index is 992. The number of carbonyl (C=O) groups is 1. The van der Waals surface area contributed by atoms with Gasteiger partial charge in [-0.2, -0.15) is 4.99 Å². The van der Waals surface area contributed by atoms with E-state index in [0.717, 1.165) is 21.7 Å². The Morgan fingerprint density at radius 2 is 1.70 bits per heavy atom. The fourth-order valence-corrected chi connectivity index (χ4v) is 4.46. The molecule has 0 saturated heterocycles. The minimum absolute atomic E-state index is 0.0318. The summed E-state index contributed by atoms with van der Waals surface area (Å²) in [5.41, 5.74) is 1.44. The van der Waals surface area contributed by atoms with Crippen molar-refractivity contribution in [1.29, 1.82) is 0 Å². The van der Waals surface area contributed by atoms with Crippen molar-refractivity contribution >= 4 is 62.5 Å². The summed E-state index contributed by atoms with van der Waals surface area (Å²) in [6.45, 7) is 2.21. The average molecular weight is 410 g/mol. The highest BCUT2D eigenvalue weighted by atomic mass is 32.2. The van der Waals surface area contributed by atoms with Crippen LogP contribution in [0, 0.1) is 0 Å². The number of aliphatic imine (C=N–C) groups is 1. The van der Waals surface area contributed by atoms with E-state index in [1.807, 2.05) is 54.2 Å². The van der Waals surface area contributed by atoms with Gasteiger partial charge in [-0.1, -0.05) is 25.5 Å². The summed E-state index contributed by atoms with van der Waals surface area (Å²) in [5.74, 6) is 1.14. The predicted octanol–water partition coefficient (Wildman–Crippen LogP) is 7.40. The average Bonchev–Trinajstić information content (AvgIpc) is 2.69. The second kappa shape index (κ2) is 9.86. The van der Waals surface area contributed by atoms with Gasteiger partial charge >= 0.3 is 0 Å². The third-order valence-corrected chi connectivity index (χ3v) is 6.14. The van der Waals surface area contributed by atoms with Crippen LogP contribution in [-0.4, -0.2) is 16.0 Å². The minimum Gasteiger partial charge on any atom is -0.281 e. The van der Waals surface area contributed by atoms with Gasteiger partial charge in [0.1, 0.15) is 0 Å². The highest BCUT2D eigenvalue weighted by molar-refractivity contribution is 8.14. The summed E-state index contributed by atoms with van der Waals surface area (Å²) in [6, 6.07) is 19.7. The normalized spacial score (nSPS) is 10.6. The molecule has 0 atom stereocenters. The van der Waals surface area contributed by atoms with Crippen LogP contribution < -0.4 is 0 Å². The molecule has 3 rings (SSSR count). The number of hydrogen-bond acceptors (Lipinski definition) is 5. The van der Waals surface area contributed by atoms with Crippen LogP contribution >= 0.6 is 35.7 Å². The van der Waals surface area contributed by atoms with Crippen LogP contribution in [0.2, 0.25) is 0 Å².